The van der Waals surface area contributed by atoms with Crippen LogP contribution < -0.4 is 0 Å². The van der Waals surface area contributed by atoms with Crippen LogP contribution in [-0.2, 0) is 0 Å². The first-order chi connectivity index (χ1) is 7.26. The first-order valence-corrected chi connectivity index (χ1v) is 5.75. The Balaban J connectivity index is 2.92. The van der Waals surface area contributed by atoms with Gasteiger partial charge in [0.15, 0.2) is 0 Å². The Kier molecular flexibility index (Phi) is 2.57. The number of benzene rings is 2. The highest BCUT2D eigenvalue weighted by Gasteiger charge is 2.06. The molecule has 2 aromatic carbocycles. The monoisotopic (exact) mass is 214 g/mol. The summed E-state index contributed by atoms with van der Waals surface area (Å²) in [4.78, 5) is 1.01. The number of thioether (sulfide) groups is 1. The Labute approximate surface area is 93.1 Å². The second kappa shape index (κ2) is 3.88. The lowest BCUT2D eigenvalue weighted by Gasteiger charge is -2.07. The number of hydrogen-bond acceptors (Lipinski definition) is 2. The van der Waals surface area contributed by atoms with Gasteiger partial charge in [-0.25, -0.2) is 0 Å². The summed E-state index contributed by atoms with van der Waals surface area (Å²) in [7, 11) is 0. The minimum absolute atomic E-state index is 0.279. The first kappa shape index (κ1) is 9.95. The van der Waals surface area contributed by atoms with Crippen LogP contribution in [0.2, 0.25) is 0 Å². The van der Waals surface area contributed by atoms with Gasteiger partial charge in [-0.05, 0) is 29.8 Å². The van der Waals surface area contributed by atoms with Crippen LogP contribution in [0.4, 0.5) is 0 Å². The normalized spacial score (nSPS) is 10.1. The average Bonchev–Trinajstić information content (AvgIpc) is 2.26. The Morgan fingerprint density at radius 2 is 2.13 bits per heavy atom. The topological polar surface area (TPSA) is 20.2 Å². The van der Waals surface area contributed by atoms with Gasteiger partial charge in [-0.15, -0.1) is 18.2 Å². The van der Waals surface area contributed by atoms with E-state index >= 15 is 0 Å². The van der Waals surface area contributed by atoms with Crippen LogP contribution in [0.15, 0.2) is 35.2 Å². The van der Waals surface area contributed by atoms with Crippen LogP contribution in [0, 0.1) is 12.3 Å². The molecule has 0 bridgehead atoms. The summed E-state index contributed by atoms with van der Waals surface area (Å²) in [5.41, 5.74) is 0.872. The fourth-order valence-corrected chi connectivity index (χ4v) is 2.32. The zero-order chi connectivity index (χ0) is 10.8. The van der Waals surface area contributed by atoms with Crippen LogP contribution in [0.5, 0.6) is 5.75 Å². The number of fused-ring (bicyclic) bond motifs is 1. The molecule has 0 fully saturated rings. The molecule has 0 aliphatic carbocycles. The molecule has 15 heavy (non-hydrogen) atoms. The Morgan fingerprint density at radius 3 is 2.80 bits per heavy atom. The lowest BCUT2D eigenvalue weighted by atomic mass is 10.0. The van der Waals surface area contributed by atoms with Gasteiger partial charge >= 0.3 is 0 Å². The molecule has 1 N–H and O–H groups in total. The average molecular weight is 214 g/mol. The number of hydrogen-bond donors (Lipinski definition) is 1. The summed E-state index contributed by atoms with van der Waals surface area (Å²) in [6.07, 6.45) is 7.43. The van der Waals surface area contributed by atoms with Crippen molar-refractivity contribution in [1.82, 2.24) is 0 Å². The van der Waals surface area contributed by atoms with Crippen molar-refractivity contribution in [3.8, 4) is 18.1 Å². The van der Waals surface area contributed by atoms with Crippen molar-refractivity contribution < 1.29 is 5.11 Å². The molecule has 0 radical (unpaired) electrons. The first-order valence-electron chi connectivity index (χ1n) is 4.52. The smallest absolute Gasteiger partial charge is 0.117 e. The third kappa shape index (κ3) is 1.67. The molecule has 0 aliphatic heterocycles. The molecule has 74 valence electrons. The maximum atomic E-state index is 9.54. The molecule has 2 heteroatoms. The maximum absolute atomic E-state index is 9.54. The molecule has 0 saturated carbocycles. The van der Waals surface area contributed by atoms with Gasteiger partial charge in [-0.3, -0.25) is 0 Å². The molecule has 0 spiro atoms. The predicted octanol–water partition coefficient (Wildman–Crippen LogP) is 3.25. The van der Waals surface area contributed by atoms with Crippen LogP contribution in [0.1, 0.15) is 5.56 Å². The van der Waals surface area contributed by atoms with Crippen LogP contribution in [0.25, 0.3) is 10.8 Å². The second-order valence-corrected chi connectivity index (χ2v) is 4.04. The molecule has 2 aromatic rings. The van der Waals surface area contributed by atoms with Gasteiger partial charge < -0.3 is 5.11 Å². The minimum Gasteiger partial charge on any atom is -0.508 e. The van der Waals surface area contributed by atoms with Crippen LogP contribution in [0.3, 0.4) is 0 Å². The molecule has 0 saturated heterocycles. The van der Waals surface area contributed by atoms with Gasteiger partial charge in [-0.2, -0.15) is 0 Å². The van der Waals surface area contributed by atoms with E-state index < -0.39 is 0 Å². The zero-order valence-corrected chi connectivity index (χ0v) is 9.14. The van der Waals surface area contributed by atoms with E-state index in [1.54, 1.807) is 23.9 Å². The summed E-state index contributed by atoms with van der Waals surface area (Å²) >= 11 is 1.59. The molecule has 0 amide bonds. The van der Waals surface area contributed by atoms with Crippen LogP contribution in [-0.4, -0.2) is 11.4 Å². The highest BCUT2D eigenvalue weighted by atomic mass is 32.2. The lowest BCUT2D eigenvalue weighted by molar-refractivity contribution is 0.475. The van der Waals surface area contributed by atoms with Crippen LogP contribution >= 0.6 is 11.8 Å². The summed E-state index contributed by atoms with van der Waals surface area (Å²) in [6, 6.07) is 9.25. The number of phenols is 1. The fraction of sp³-hybridized carbons (Fsp3) is 0.0769. The highest BCUT2D eigenvalue weighted by molar-refractivity contribution is 7.98. The summed E-state index contributed by atoms with van der Waals surface area (Å²) in [5.74, 6) is 2.95. The Hall–Kier alpha value is -1.59. The van der Waals surface area contributed by atoms with E-state index in [-0.39, 0.29) is 5.75 Å². The standard InChI is InChI=1S/C13H10OS/c1-3-9-5-4-6-10-7-11(14)8-12(15-2)13(9)10/h1,4-8,14H,2H3. The van der Waals surface area contributed by atoms with Gasteiger partial charge in [0.05, 0.1) is 0 Å². The van der Waals surface area contributed by atoms with Crippen molar-refractivity contribution in [3.05, 3.63) is 35.9 Å². The van der Waals surface area contributed by atoms with E-state index in [0.29, 0.717) is 0 Å². The maximum Gasteiger partial charge on any atom is 0.117 e. The molecule has 1 nitrogen and oxygen atoms in total. The van der Waals surface area contributed by atoms with Crippen molar-refractivity contribution >= 4 is 22.5 Å². The molecule has 2 rings (SSSR count). The highest BCUT2D eigenvalue weighted by Crippen LogP contribution is 2.32. The minimum atomic E-state index is 0.279. The van der Waals surface area contributed by atoms with Crippen molar-refractivity contribution in [2.24, 2.45) is 0 Å². The molecular formula is C13H10OS. The Morgan fingerprint density at radius 1 is 1.33 bits per heavy atom. The number of aromatic hydroxyl groups is 1. The lowest BCUT2D eigenvalue weighted by Crippen LogP contribution is -1.83. The summed E-state index contributed by atoms with van der Waals surface area (Å²) in [6.45, 7) is 0. The van der Waals surface area contributed by atoms with Gasteiger partial charge in [0.2, 0.25) is 0 Å². The van der Waals surface area contributed by atoms with Crippen molar-refractivity contribution in [2.75, 3.05) is 6.26 Å². The molecule has 0 heterocycles. The molecule has 0 aromatic heterocycles. The van der Waals surface area contributed by atoms with E-state index in [2.05, 4.69) is 5.92 Å². The number of phenolic OH excluding ortho intramolecular Hbond substituents is 1. The van der Waals surface area contributed by atoms with E-state index in [9.17, 15) is 5.11 Å². The van der Waals surface area contributed by atoms with E-state index in [4.69, 9.17) is 6.42 Å². The van der Waals surface area contributed by atoms with E-state index in [1.807, 2.05) is 24.5 Å². The largest absolute Gasteiger partial charge is 0.508 e. The van der Waals surface area contributed by atoms with Crippen molar-refractivity contribution in [1.29, 1.82) is 0 Å². The molecular weight excluding hydrogens is 204 g/mol. The van der Waals surface area contributed by atoms with Crippen molar-refractivity contribution in [2.45, 2.75) is 4.90 Å². The second-order valence-electron chi connectivity index (χ2n) is 3.20. The van der Waals surface area contributed by atoms with Crippen molar-refractivity contribution in [3.63, 3.8) is 0 Å². The molecule has 0 aliphatic rings. The Bertz CT molecular complexity index is 552. The van der Waals surface area contributed by atoms with Gasteiger partial charge in [-0.1, -0.05) is 18.1 Å². The number of rotatable bonds is 1. The van der Waals surface area contributed by atoms with E-state index in [0.717, 1.165) is 21.2 Å². The third-order valence-corrected chi connectivity index (χ3v) is 3.06. The quantitative estimate of drug-likeness (QED) is 0.581. The molecule has 0 atom stereocenters. The zero-order valence-electron chi connectivity index (χ0n) is 8.32. The fourth-order valence-electron chi connectivity index (χ4n) is 1.65. The van der Waals surface area contributed by atoms with Gasteiger partial charge in [0.25, 0.3) is 0 Å². The summed E-state index contributed by atoms with van der Waals surface area (Å²) in [5, 5.41) is 11.6. The predicted molar refractivity (Wildman–Crippen MR) is 65.3 cm³/mol. The van der Waals surface area contributed by atoms with Gasteiger partial charge in [0, 0.05) is 15.8 Å². The van der Waals surface area contributed by atoms with E-state index in [1.165, 1.54) is 0 Å². The summed E-state index contributed by atoms with van der Waals surface area (Å²) < 4.78 is 0. The number of terminal acetylenes is 1. The third-order valence-electron chi connectivity index (χ3n) is 2.30. The van der Waals surface area contributed by atoms with Gasteiger partial charge in [0.1, 0.15) is 5.75 Å². The SMILES string of the molecule is C#Cc1cccc2cc(O)cc(SC)c12. The molecule has 0 unspecified atom stereocenters.